The van der Waals surface area contributed by atoms with Crippen molar-refractivity contribution in [2.24, 2.45) is 0 Å². The van der Waals surface area contributed by atoms with E-state index in [9.17, 15) is 18.0 Å². The lowest BCUT2D eigenvalue weighted by Gasteiger charge is -2.20. The molecule has 1 N–H and O–H groups in total. The number of aryl methyl sites for hydroxylation is 3. The second-order valence-corrected chi connectivity index (χ2v) is 10.1. The first kappa shape index (κ1) is 25.8. The topological polar surface area (TPSA) is 102 Å². The van der Waals surface area contributed by atoms with Crippen molar-refractivity contribution in [1.29, 1.82) is 0 Å². The lowest BCUT2D eigenvalue weighted by atomic mass is 10.1. The Hall–Kier alpha value is -3.85. The van der Waals surface area contributed by atoms with Crippen LogP contribution < -0.4 is 14.4 Å². The summed E-state index contributed by atoms with van der Waals surface area (Å²) in [4.78, 5) is 24.8. The predicted molar refractivity (Wildman–Crippen MR) is 135 cm³/mol. The normalized spacial score (nSPS) is 11.0. The minimum absolute atomic E-state index is 0.0182. The number of methoxy groups -OCH3 is 1. The summed E-state index contributed by atoms with van der Waals surface area (Å²) in [6, 6.07) is 15.9. The maximum absolute atomic E-state index is 13.1. The van der Waals surface area contributed by atoms with Gasteiger partial charge in [0.2, 0.25) is 0 Å². The molecule has 0 heterocycles. The molecule has 3 aromatic carbocycles. The molecular formula is C26H28N2O6S. The molecule has 1 amide bonds. The van der Waals surface area contributed by atoms with Crippen molar-refractivity contribution >= 4 is 33.3 Å². The molecular weight excluding hydrogens is 468 g/mol. The van der Waals surface area contributed by atoms with E-state index in [-0.39, 0.29) is 10.5 Å². The quantitative estimate of drug-likeness (QED) is 0.468. The fourth-order valence-electron chi connectivity index (χ4n) is 3.64. The van der Waals surface area contributed by atoms with Crippen LogP contribution in [0.4, 0.5) is 11.4 Å². The van der Waals surface area contributed by atoms with Crippen LogP contribution in [-0.2, 0) is 19.6 Å². The van der Waals surface area contributed by atoms with Crippen LogP contribution in [0.5, 0.6) is 5.75 Å². The number of esters is 1. The molecule has 0 atom stereocenters. The summed E-state index contributed by atoms with van der Waals surface area (Å²) >= 11 is 0. The van der Waals surface area contributed by atoms with Crippen LogP contribution in [-0.4, -0.2) is 41.1 Å². The van der Waals surface area contributed by atoms with Crippen molar-refractivity contribution in [2.75, 3.05) is 30.4 Å². The van der Waals surface area contributed by atoms with Gasteiger partial charge in [-0.25, -0.2) is 13.2 Å². The summed E-state index contributed by atoms with van der Waals surface area (Å²) < 4.78 is 37.5. The number of carbonyl (C=O) groups excluding carboxylic acids is 2. The van der Waals surface area contributed by atoms with Crippen LogP contribution in [0.2, 0.25) is 0 Å². The zero-order chi connectivity index (χ0) is 25.8. The highest BCUT2D eigenvalue weighted by atomic mass is 32.2. The van der Waals surface area contributed by atoms with Crippen LogP contribution >= 0.6 is 0 Å². The Morgan fingerprint density at radius 2 is 1.57 bits per heavy atom. The van der Waals surface area contributed by atoms with E-state index in [4.69, 9.17) is 9.47 Å². The SMILES string of the molecule is COc1ccc(N(C)S(=O)(=O)c2cccc(C(=O)OCC(=O)Nc3c(C)cc(C)cc3C)c2)cc1. The molecule has 0 radical (unpaired) electrons. The summed E-state index contributed by atoms with van der Waals surface area (Å²) in [6.07, 6.45) is 0. The summed E-state index contributed by atoms with van der Waals surface area (Å²) in [7, 11) is -1.01. The third-order valence-electron chi connectivity index (χ3n) is 5.44. The van der Waals surface area contributed by atoms with Gasteiger partial charge in [-0.05, 0) is 74.4 Å². The van der Waals surface area contributed by atoms with Crippen molar-refractivity contribution in [1.82, 2.24) is 0 Å². The molecule has 8 nitrogen and oxygen atoms in total. The third kappa shape index (κ3) is 5.99. The average Bonchev–Trinajstić information content (AvgIpc) is 2.84. The summed E-state index contributed by atoms with van der Waals surface area (Å²) in [6.45, 7) is 5.23. The van der Waals surface area contributed by atoms with Gasteiger partial charge in [0.25, 0.3) is 15.9 Å². The molecule has 0 aliphatic heterocycles. The monoisotopic (exact) mass is 496 g/mol. The number of sulfonamides is 1. The highest BCUT2D eigenvalue weighted by Gasteiger charge is 2.23. The van der Waals surface area contributed by atoms with Crippen LogP contribution in [0.1, 0.15) is 27.0 Å². The Morgan fingerprint density at radius 1 is 0.943 bits per heavy atom. The molecule has 0 aliphatic rings. The van der Waals surface area contributed by atoms with E-state index in [2.05, 4.69) is 5.32 Å². The molecule has 9 heteroatoms. The van der Waals surface area contributed by atoms with E-state index in [1.165, 1.54) is 38.4 Å². The molecule has 3 rings (SSSR count). The van der Waals surface area contributed by atoms with Crippen molar-refractivity contribution in [3.05, 3.63) is 82.9 Å². The second kappa shape index (κ2) is 10.6. The number of anilines is 2. The van der Waals surface area contributed by atoms with Gasteiger partial charge in [0.15, 0.2) is 6.61 Å². The Balaban J connectivity index is 1.69. The van der Waals surface area contributed by atoms with Gasteiger partial charge >= 0.3 is 5.97 Å². The Morgan fingerprint density at radius 3 is 2.17 bits per heavy atom. The zero-order valence-electron chi connectivity index (χ0n) is 20.3. The first-order valence-corrected chi connectivity index (χ1v) is 12.2. The minimum Gasteiger partial charge on any atom is -0.497 e. The van der Waals surface area contributed by atoms with E-state index in [0.717, 1.165) is 21.0 Å². The number of hydrogen-bond acceptors (Lipinski definition) is 6. The van der Waals surface area contributed by atoms with E-state index in [0.29, 0.717) is 17.1 Å². The maximum Gasteiger partial charge on any atom is 0.338 e. The van der Waals surface area contributed by atoms with Crippen LogP contribution in [0.25, 0.3) is 0 Å². The van der Waals surface area contributed by atoms with Gasteiger partial charge in [-0.3, -0.25) is 9.10 Å². The van der Waals surface area contributed by atoms with Crippen LogP contribution in [0.3, 0.4) is 0 Å². The standard InChI is InChI=1S/C26H28N2O6S/c1-17-13-18(2)25(19(3)14-17)27-24(29)16-34-26(30)20-7-6-8-23(15-20)35(31,32)28(4)21-9-11-22(33-5)12-10-21/h6-15H,16H2,1-5H3,(H,27,29). The lowest BCUT2D eigenvalue weighted by Crippen LogP contribution is -2.27. The van der Waals surface area contributed by atoms with E-state index < -0.39 is 28.5 Å². The molecule has 0 saturated carbocycles. The number of nitrogens with one attached hydrogen (secondary N) is 1. The third-order valence-corrected chi connectivity index (χ3v) is 7.22. The largest absolute Gasteiger partial charge is 0.497 e. The second-order valence-electron chi connectivity index (χ2n) is 8.10. The van der Waals surface area contributed by atoms with Gasteiger partial charge in [-0.1, -0.05) is 23.8 Å². The highest BCUT2D eigenvalue weighted by Crippen LogP contribution is 2.25. The van der Waals surface area contributed by atoms with E-state index in [1.807, 2.05) is 32.9 Å². The summed E-state index contributed by atoms with van der Waals surface area (Å²) in [5.74, 6) is -0.695. The van der Waals surface area contributed by atoms with Crippen LogP contribution in [0.15, 0.2) is 65.6 Å². The number of rotatable bonds is 8. The van der Waals surface area contributed by atoms with Gasteiger partial charge in [0.1, 0.15) is 5.75 Å². The smallest absolute Gasteiger partial charge is 0.338 e. The van der Waals surface area contributed by atoms with Crippen molar-refractivity contribution < 1.29 is 27.5 Å². The van der Waals surface area contributed by atoms with Crippen molar-refractivity contribution in [3.8, 4) is 5.75 Å². The van der Waals surface area contributed by atoms with Crippen LogP contribution in [0, 0.1) is 20.8 Å². The molecule has 0 bridgehead atoms. The molecule has 184 valence electrons. The number of ether oxygens (including phenoxy) is 2. The van der Waals surface area contributed by atoms with Gasteiger partial charge in [-0.15, -0.1) is 0 Å². The molecule has 3 aromatic rings. The molecule has 0 saturated heterocycles. The van der Waals surface area contributed by atoms with Gasteiger partial charge in [0.05, 0.1) is 23.3 Å². The number of hydrogen-bond donors (Lipinski definition) is 1. The molecule has 0 spiro atoms. The molecule has 0 unspecified atom stereocenters. The van der Waals surface area contributed by atoms with Gasteiger partial charge in [0, 0.05) is 12.7 Å². The minimum atomic E-state index is -3.95. The summed E-state index contributed by atoms with van der Waals surface area (Å²) in [5, 5.41) is 2.76. The molecule has 35 heavy (non-hydrogen) atoms. The predicted octanol–water partition coefficient (Wildman–Crippen LogP) is 4.24. The Bertz CT molecular complexity index is 1330. The van der Waals surface area contributed by atoms with Crippen molar-refractivity contribution in [3.63, 3.8) is 0 Å². The Labute approximate surface area is 205 Å². The lowest BCUT2D eigenvalue weighted by molar-refractivity contribution is -0.119. The number of carbonyl (C=O) groups is 2. The first-order chi connectivity index (χ1) is 16.5. The number of benzene rings is 3. The zero-order valence-corrected chi connectivity index (χ0v) is 21.1. The number of amides is 1. The fourth-order valence-corrected chi connectivity index (χ4v) is 4.88. The molecule has 0 fully saturated rings. The molecule has 0 aliphatic carbocycles. The Kier molecular flexibility index (Phi) is 7.81. The number of nitrogens with zero attached hydrogens (tertiary/aromatic N) is 1. The average molecular weight is 497 g/mol. The molecule has 0 aromatic heterocycles. The maximum atomic E-state index is 13.1. The van der Waals surface area contributed by atoms with Gasteiger partial charge < -0.3 is 14.8 Å². The van der Waals surface area contributed by atoms with E-state index in [1.54, 1.807) is 24.3 Å². The highest BCUT2D eigenvalue weighted by molar-refractivity contribution is 7.92. The van der Waals surface area contributed by atoms with E-state index >= 15 is 0 Å². The van der Waals surface area contributed by atoms with Crippen molar-refractivity contribution in [2.45, 2.75) is 25.7 Å². The first-order valence-electron chi connectivity index (χ1n) is 10.8. The fraction of sp³-hybridized carbons (Fsp3) is 0.231. The van der Waals surface area contributed by atoms with Gasteiger partial charge in [-0.2, -0.15) is 0 Å². The summed E-state index contributed by atoms with van der Waals surface area (Å²) in [5.41, 5.74) is 4.01.